The molecule has 154 valence electrons. The number of amides is 1. The van der Waals surface area contributed by atoms with E-state index in [2.05, 4.69) is 26.5 Å². The van der Waals surface area contributed by atoms with Gasteiger partial charge in [0.05, 0.1) is 11.8 Å². The van der Waals surface area contributed by atoms with Gasteiger partial charge in [0, 0.05) is 4.47 Å². The highest BCUT2D eigenvalue weighted by atomic mass is 79.9. The number of benzene rings is 4. The van der Waals surface area contributed by atoms with Crippen molar-refractivity contribution in [2.45, 2.75) is 6.61 Å². The zero-order valence-electron chi connectivity index (χ0n) is 16.5. The first-order valence-corrected chi connectivity index (χ1v) is 10.4. The molecule has 4 aromatic rings. The maximum atomic E-state index is 12.4. The van der Waals surface area contributed by atoms with Crippen molar-refractivity contribution in [2.24, 2.45) is 5.10 Å². The Balaban J connectivity index is 1.35. The second-order valence-electron chi connectivity index (χ2n) is 6.90. The first-order valence-electron chi connectivity index (χ1n) is 9.61. The standard InChI is InChI=1S/C25H19BrN2O3/c26-21-9-5-18(6-10-21)16-31-22-11-7-17(8-12-22)15-27-28-25(30)23-13-19-3-1-2-4-20(19)14-24(23)29/h1-15,29H,16H2,(H,28,30)/b27-15+. The molecule has 0 heterocycles. The topological polar surface area (TPSA) is 70.9 Å². The van der Waals surface area contributed by atoms with E-state index in [9.17, 15) is 9.90 Å². The number of hydrogen-bond acceptors (Lipinski definition) is 4. The fourth-order valence-electron chi connectivity index (χ4n) is 3.03. The highest BCUT2D eigenvalue weighted by molar-refractivity contribution is 9.10. The Labute approximate surface area is 188 Å². The van der Waals surface area contributed by atoms with Crippen LogP contribution in [0.2, 0.25) is 0 Å². The summed E-state index contributed by atoms with van der Waals surface area (Å²) >= 11 is 3.41. The van der Waals surface area contributed by atoms with Crippen LogP contribution in [-0.2, 0) is 6.61 Å². The van der Waals surface area contributed by atoms with Gasteiger partial charge in [-0.25, -0.2) is 5.43 Å². The molecule has 31 heavy (non-hydrogen) atoms. The van der Waals surface area contributed by atoms with Crippen LogP contribution in [0.4, 0.5) is 0 Å². The maximum Gasteiger partial charge on any atom is 0.275 e. The average molecular weight is 475 g/mol. The van der Waals surface area contributed by atoms with Crippen molar-refractivity contribution in [3.8, 4) is 11.5 Å². The number of hydrogen-bond donors (Lipinski definition) is 2. The van der Waals surface area contributed by atoms with E-state index in [1.807, 2.05) is 72.8 Å². The molecule has 0 fully saturated rings. The van der Waals surface area contributed by atoms with Gasteiger partial charge in [-0.15, -0.1) is 0 Å². The minimum Gasteiger partial charge on any atom is -0.507 e. The van der Waals surface area contributed by atoms with Gasteiger partial charge in [-0.1, -0.05) is 52.3 Å². The van der Waals surface area contributed by atoms with Crippen LogP contribution in [0.5, 0.6) is 11.5 Å². The molecule has 0 unspecified atom stereocenters. The maximum absolute atomic E-state index is 12.4. The molecule has 0 aliphatic heterocycles. The third-order valence-electron chi connectivity index (χ3n) is 4.69. The quantitative estimate of drug-likeness (QED) is 0.280. The molecule has 2 N–H and O–H groups in total. The van der Waals surface area contributed by atoms with Crippen LogP contribution in [0.15, 0.2) is 94.5 Å². The number of hydrazone groups is 1. The van der Waals surface area contributed by atoms with Crippen molar-refractivity contribution in [2.75, 3.05) is 0 Å². The third kappa shape index (κ3) is 5.29. The fourth-order valence-corrected chi connectivity index (χ4v) is 3.30. The number of ether oxygens (including phenoxy) is 1. The predicted octanol–water partition coefficient (Wildman–Crippen LogP) is 5.65. The highest BCUT2D eigenvalue weighted by Crippen LogP contribution is 2.24. The molecular formula is C25H19BrN2O3. The second-order valence-corrected chi connectivity index (χ2v) is 7.82. The number of fused-ring (bicyclic) bond motifs is 1. The van der Waals surface area contributed by atoms with E-state index in [1.54, 1.807) is 12.1 Å². The Morgan fingerprint density at radius 3 is 2.35 bits per heavy atom. The lowest BCUT2D eigenvalue weighted by Gasteiger charge is -2.07. The van der Waals surface area contributed by atoms with Crippen LogP contribution in [0.25, 0.3) is 10.8 Å². The van der Waals surface area contributed by atoms with Crippen LogP contribution in [0.3, 0.4) is 0 Å². The lowest BCUT2D eigenvalue weighted by Crippen LogP contribution is -2.17. The van der Waals surface area contributed by atoms with E-state index in [1.165, 1.54) is 6.21 Å². The average Bonchev–Trinajstić information content (AvgIpc) is 2.79. The minimum absolute atomic E-state index is 0.0846. The Bertz CT molecular complexity index is 1240. The zero-order valence-corrected chi connectivity index (χ0v) is 18.0. The van der Waals surface area contributed by atoms with Crippen molar-refractivity contribution >= 4 is 38.8 Å². The number of nitrogens with one attached hydrogen (secondary N) is 1. The summed E-state index contributed by atoms with van der Waals surface area (Å²) in [5, 5.41) is 15.9. The van der Waals surface area contributed by atoms with Gasteiger partial charge >= 0.3 is 0 Å². The molecule has 0 radical (unpaired) electrons. The largest absolute Gasteiger partial charge is 0.507 e. The monoisotopic (exact) mass is 474 g/mol. The van der Waals surface area contributed by atoms with Crippen LogP contribution >= 0.6 is 15.9 Å². The molecule has 0 spiro atoms. The lowest BCUT2D eigenvalue weighted by molar-refractivity contribution is 0.0952. The number of carbonyl (C=O) groups excluding carboxylic acids is 1. The van der Waals surface area contributed by atoms with Crippen molar-refractivity contribution in [1.29, 1.82) is 0 Å². The Morgan fingerprint density at radius 2 is 1.65 bits per heavy atom. The van der Waals surface area contributed by atoms with Crippen LogP contribution in [0, 0.1) is 0 Å². The Morgan fingerprint density at radius 1 is 0.968 bits per heavy atom. The number of halogens is 1. The number of carbonyl (C=O) groups is 1. The van der Waals surface area contributed by atoms with Crippen LogP contribution in [-0.4, -0.2) is 17.2 Å². The van der Waals surface area contributed by atoms with E-state index in [4.69, 9.17) is 4.74 Å². The summed E-state index contributed by atoms with van der Waals surface area (Å²) in [4.78, 5) is 12.4. The first kappa shape index (κ1) is 20.6. The Hall–Kier alpha value is -3.64. The van der Waals surface area contributed by atoms with Crippen molar-refractivity contribution < 1.29 is 14.6 Å². The zero-order chi connectivity index (χ0) is 21.6. The van der Waals surface area contributed by atoms with Gasteiger partial charge in [0.2, 0.25) is 0 Å². The van der Waals surface area contributed by atoms with Gasteiger partial charge < -0.3 is 9.84 Å². The van der Waals surface area contributed by atoms with Gasteiger partial charge in [-0.2, -0.15) is 5.10 Å². The molecule has 5 nitrogen and oxygen atoms in total. The van der Waals surface area contributed by atoms with E-state index >= 15 is 0 Å². The van der Waals surface area contributed by atoms with Crippen molar-refractivity contribution in [1.82, 2.24) is 5.43 Å². The summed E-state index contributed by atoms with van der Waals surface area (Å²) in [5.41, 5.74) is 4.51. The number of aromatic hydroxyl groups is 1. The summed E-state index contributed by atoms with van der Waals surface area (Å²) in [6.45, 7) is 0.478. The van der Waals surface area contributed by atoms with Gasteiger partial charge in [0.15, 0.2) is 0 Å². The second kappa shape index (κ2) is 9.45. The minimum atomic E-state index is -0.478. The van der Waals surface area contributed by atoms with E-state index in [0.29, 0.717) is 6.61 Å². The molecule has 0 saturated heterocycles. The molecule has 4 aromatic carbocycles. The number of phenols is 1. The smallest absolute Gasteiger partial charge is 0.275 e. The van der Waals surface area contributed by atoms with Crippen molar-refractivity contribution in [3.63, 3.8) is 0 Å². The predicted molar refractivity (Wildman–Crippen MR) is 126 cm³/mol. The van der Waals surface area contributed by atoms with Gasteiger partial charge in [0.1, 0.15) is 18.1 Å². The summed E-state index contributed by atoms with van der Waals surface area (Å²) < 4.78 is 6.81. The summed E-state index contributed by atoms with van der Waals surface area (Å²) in [7, 11) is 0. The lowest BCUT2D eigenvalue weighted by atomic mass is 10.1. The highest BCUT2D eigenvalue weighted by Gasteiger charge is 2.11. The van der Waals surface area contributed by atoms with Crippen LogP contribution in [0.1, 0.15) is 21.5 Å². The fraction of sp³-hybridized carbons (Fsp3) is 0.0400. The SMILES string of the molecule is O=C(N/N=C/c1ccc(OCc2ccc(Br)cc2)cc1)c1cc2ccccc2cc1O. The molecule has 0 aliphatic rings. The summed E-state index contributed by atoms with van der Waals surface area (Å²) in [6, 6.07) is 26.1. The molecule has 6 heteroatoms. The number of phenolic OH excluding ortho intramolecular Hbond substituents is 1. The van der Waals surface area contributed by atoms with Gasteiger partial charge in [-0.3, -0.25) is 4.79 Å². The van der Waals surface area contributed by atoms with E-state index in [0.717, 1.165) is 32.1 Å². The summed E-state index contributed by atoms with van der Waals surface area (Å²) in [5.74, 6) is 0.179. The van der Waals surface area contributed by atoms with E-state index < -0.39 is 5.91 Å². The molecule has 0 aromatic heterocycles. The Kier molecular flexibility index (Phi) is 6.29. The molecular weight excluding hydrogens is 456 g/mol. The van der Waals surface area contributed by atoms with Gasteiger partial charge in [0.25, 0.3) is 5.91 Å². The molecule has 4 rings (SSSR count). The first-order chi connectivity index (χ1) is 15.1. The van der Waals surface area contributed by atoms with Crippen molar-refractivity contribution in [3.05, 3.63) is 106 Å². The van der Waals surface area contributed by atoms with E-state index in [-0.39, 0.29) is 11.3 Å². The van der Waals surface area contributed by atoms with Gasteiger partial charge in [-0.05, 0) is 70.4 Å². The molecule has 0 bridgehead atoms. The van der Waals surface area contributed by atoms with Crippen LogP contribution < -0.4 is 10.2 Å². The normalized spacial score (nSPS) is 11.0. The number of nitrogens with zero attached hydrogens (tertiary/aromatic N) is 1. The number of rotatable bonds is 6. The third-order valence-corrected chi connectivity index (χ3v) is 5.22. The molecule has 0 atom stereocenters. The molecule has 1 amide bonds. The molecule has 0 saturated carbocycles. The molecule has 0 aliphatic carbocycles. The summed E-state index contributed by atoms with van der Waals surface area (Å²) in [6.07, 6.45) is 1.54.